The molecule has 4 nitrogen and oxygen atoms in total. The van der Waals surface area contributed by atoms with Gasteiger partial charge in [0.25, 0.3) is 0 Å². The normalized spacial score (nSPS) is 10.8. The van der Waals surface area contributed by atoms with E-state index in [-0.39, 0.29) is 18.3 Å². The Morgan fingerprint density at radius 3 is 2.84 bits per heavy atom. The van der Waals surface area contributed by atoms with Gasteiger partial charge in [0.15, 0.2) is 0 Å². The fourth-order valence-electron chi connectivity index (χ4n) is 1.66. The van der Waals surface area contributed by atoms with E-state index in [1.165, 1.54) is 12.1 Å². The van der Waals surface area contributed by atoms with Gasteiger partial charge in [-0.25, -0.2) is 4.39 Å². The SMILES string of the molecule is COCCNC(=O)CN(C)Cc1cc(F)cc(Br)c1. The number of hydrogen-bond donors (Lipinski definition) is 1. The fourth-order valence-corrected chi connectivity index (χ4v) is 2.18. The second-order valence-corrected chi connectivity index (χ2v) is 5.21. The number of likely N-dealkylation sites (N-methyl/N-ethyl adjacent to an activating group) is 1. The van der Waals surface area contributed by atoms with Crippen LogP contribution >= 0.6 is 15.9 Å². The molecule has 106 valence electrons. The van der Waals surface area contributed by atoms with Crippen molar-refractivity contribution in [3.05, 3.63) is 34.1 Å². The highest BCUT2D eigenvalue weighted by molar-refractivity contribution is 9.10. The quantitative estimate of drug-likeness (QED) is 0.774. The molecule has 0 saturated carbocycles. The lowest BCUT2D eigenvalue weighted by Gasteiger charge is -2.16. The minimum absolute atomic E-state index is 0.0741. The van der Waals surface area contributed by atoms with Crippen LogP contribution in [0.25, 0.3) is 0 Å². The number of benzene rings is 1. The Labute approximate surface area is 121 Å². The lowest BCUT2D eigenvalue weighted by molar-refractivity contribution is -0.122. The lowest BCUT2D eigenvalue weighted by atomic mass is 10.2. The largest absolute Gasteiger partial charge is 0.383 e. The maximum atomic E-state index is 13.2. The summed E-state index contributed by atoms with van der Waals surface area (Å²) in [5, 5.41) is 2.73. The molecule has 0 aliphatic rings. The first-order chi connectivity index (χ1) is 9.01. The van der Waals surface area contributed by atoms with E-state index in [2.05, 4.69) is 21.2 Å². The number of nitrogens with one attached hydrogen (secondary N) is 1. The van der Waals surface area contributed by atoms with E-state index < -0.39 is 0 Å². The third-order valence-corrected chi connectivity index (χ3v) is 2.87. The van der Waals surface area contributed by atoms with Crippen molar-refractivity contribution < 1.29 is 13.9 Å². The van der Waals surface area contributed by atoms with Gasteiger partial charge in [0, 0.05) is 24.7 Å². The maximum absolute atomic E-state index is 13.2. The van der Waals surface area contributed by atoms with Crippen LogP contribution in [0.15, 0.2) is 22.7 Å². The molecule has 0 unspecified atom stereocenters. The van der Waals surface area contributed by atoms with Crippen LogP contribution in [0.4, 0.5) is 4.39 Å². The molecule has 0 aliphatic heterocycles. The van der Waals surface area contributed by atoms with Gasteiger partial charge in [-0.05, 0) is 30.8 Å². The van der Waals surface area contributed by atoms with Crippen molar-refractivity contribution in [3.8, 4) is 0 Å². The second-order valence-electron chi connectivity index (χ2n) is 4.29. The number of methoxy groups -OCH3 is 1. The summed E-state index contributed by atoms with van der Waals surface area (Å²) in [5.41, 5.74) is 0.819. The molecular formula is C13H18BrFN2O2. The molecule has 1 amide bonds. The van der Waals surface area contributed by atoms with Crippen molar-refractivity contribution in [2.75, 3.05) is 33.9 Å². The summed E-state index contributed by atoms with van der Waals surface area (Å²) in [6.07, 6.45) is 0. The number of amides is 1. The van der Waals surface area contributed by atoms with Gasteiger partial charge in [0.1, 0.15) is 5.82 Å². The average molecular weight is 333 g/mol. The van der Waals surface area contributed by atoms with Gasteiger partial charge in [-0.1, -0.05) is 15.9 Å². The van der Waals surface area contributed by atoms with Gasteiger partial charge in [0.2, 0.25) is 5.91 Å². The van der Waals surface area contributed by atoms with E-state index in [0.29, 0.717) is 24.2 Å². The molecule has 0 heterocycles. The number of ether oxygens (including phenoxy) is 1. The van der Waals surface area contributed by atoms with E-state index >= 15 is 0 Å². The number of halogens is 2. The van der Waals surface area contributed by atoms with Crippen LogP contribution in [0, 0.1) is 5.82 Å². The van der Waals surface area contributed by atoms with Crippen molar-refractivity contribution in [3.63, 3.8) is 0 Å². The Morgan fingerprint density at radius 2 is 2.21 bits per heavy atom. The number of hydrogen-bond acceptors (Lipinski definition) is 3. The molecule has 1 rings (SSSR count). The summed E-state index contributed by atoms with van der Waals surface area (Å²) in [7, 11) is 3.40. The third-order valence-electron chi connectivity index (χ3n) is 2.42. The average Bonchev–Trinajstić information content (AvgIpc) is 2.27. The Balaban J connectivity index is 2.41. The number of rotatable bonds is 7. The van der Waals surface area contributed by atoms with E-state index in [1.807, 2.05) is 18.0 Å². The van der Waals surface area contributed by atoms with Gasteiger partial charge in [-0.15, -0.1) is 0 Å². The summed E-state index contributed by atoms with van der Waals surface area (Å²) in [4.78, 5) is 13.4. The molecule has 0 spiro atoms. The zero-order valence-corrected chi connectivity index (χ0v) is 12.7. The summed E-state index contributed by atoms with van der Waals surface area (Å²) in [6.45, 7) is 1.76. The van der Waals surface area contributed by atoms with Crippen LogP contribution in [0.5, 0.6) is 0 Å². The smallest absolute Gasteiger partial charge is 0.234 e. The molecular weight excluding hydrogens is 315 g/mol. The van der Waals surface area contributed by atoms with Gasteiger partial charge in [-0.2, -0.15) is 0 Å². The van der Waals surface area contributed by atoms with Crippen molar-refractivity contribution >= 4 is 21.8 Å². The standard InChI is InChI=1S/C13H18BrFN2O2/c1-17(9-13(18)16-3-4-19-2)8-10-5-11(14)7-12(15)6-10/h5-7H,3-4,8-9H2,1-2H3,(H,16,18). The molecule has 0 aliphatic carbocycles. The van der Waals surface area contributed by atoms with Crippen molar-refractivity contribution in [1.82, 2.24) is 10.2 Å². The molecule has 0 atom stereocenters. The van der Waals surface area contributed by atoms with Crippen LogP contribution in [-0.2, 0) is 16.1 Å². The maximum Gasteiger partial charge on any atom is 0.234 e. The first-order valence-corrected chi connectivity index (χ1v) is 6.69. The monoisotopic (exact) mass is 332 g/mol. The Bertz CT molecular complexity index is 409. The van der Waals surface area contributed by atoms with Gasteiger partial charge < -0.3 is 10.1 Å². The molecule has 1 N–H and O–H groups in total. The first kappa shape index (κ1) is 16.1. The van der Waals surface area contributed by atoms with Gasteiger partial charge in [-0.3, -0.25) is 9.69 Å². The highest BCUT2D eigenvalue weighted by atomic mass is 79.9. The molecule has 0 bridgehead atoms. The van der Waals surface area contributed by atoms with E-state index in [9.17, 15) is 9.18 Å². The minimum Gasteiger partial charge on any atom is -0.383 e. The van der Waals surface area contributed by atoms with Crippen molar-refractivity contribution in [2.24, 2.45) is 0 Å². The molecule has 0 aromatic heterocycles. The highest BCUT2D eigenvalue weighted by Gasteiger charge is 2.08. The minimum atomic E-state index is -0.290. The van der Waals surface area contributed by atoms with Crippen molar-refractivity contribution in [1.29, 1.82) is 0 Å². The molecule has 19 heavy (non-hydrogen) atoms. The van der Waals surface area contributed by atoms with Crippen LogP contribution in [0.1, 0.15) is 5.56 Å². The number of nitrogens with zero attached hydrogens (tertiary/aromatic N) is 1. The zero-order valence-electron chi connectivity index (χ0n) is 11.1. The molecule has 1 aromatic carbocycles. The van der Waals surface area contributed by atoms with E-state index in [1.54, 1.807) is 7.11 Å². The predicted molar refractivity (Wildman–Crippen MR) is 75.3 cm³/mol. The van der Waals surface area contributed by atoms with Gasteiger partial charge >= 0.3 is 0 Å². The molecule has 0 fully saturated rings. The summed E-state index contributed by atoms with van der Waals surface area (Å²) in [6, 6.07) is 4.70. The number of carbonyl (C=O) groups excluding carboxylic acids is 1. The van der Waals surface area contributed by atoms with Crippen LogP contribution < -0.4 is 5.32 Å². The van der Waals surface area contributed by atoms with Crippen molar-refractivity contribution in [2.45, 2.75) is 6.54 Å². The van der Waals surface area contributed by atoms with Crippen LogP contribution in [-0.4, -0.2) is 44.7 Å². The highest BCUT2D eigenvalue weighted by Crippen LogP contribution is 2.15. The van der Waals surface area contributed by atoms with Crippen LogP contribution in [0.2, 0.25) is 0 Å². The van der Waals surface area contributed by atoms with Crippen LogP contribution in [0.3, 0.4) is 0 Å². The zero-order chi connectivity index (χ0) is 14.3. The Hall–Kier alpha value is -0.980. The Morgan fingerprint density at radius 1 is 1.47 bits per heavy atom. The topological polar surface area (TPSA) is 41.6 Å². The number of carbonyl (C=O) groups is 1. The fraction of sp³-hybridized carbons (Fsp3) is 0.462. The third kappa shape index (κ3) is 6.66. The molecule has 0 saturated heterocycles. The summed E-state index contributed by atoms with van der Waals surface area (Å²) < 4.78 is 18.7. The summed E-state index contributed by atoms with van der Waals surface area (Å²) in [5.74, 6) is -0.364. The van der Waals surface area contributed by atoms with Gasteiger partial charge in [0.05, 0.1) is 13.2 Å². The molecule has 0 radical (unpaired) electrons. The van der Waals surface area contributed by atoms with E-state index in [0.717, 1.165) is 5.56 Å². The summed E-state index contributed by atoms with van der Waals surface area (Å²) >= 11 is 3.24. The molecule has 6 heteroatoms. The van der Waals surface area contributed by atoms with E-state index in [4.69, 9.17) is 4.74 Å². The Kier molecular flexibility index (Phi) is 6.97. The first-order valence-electron chi connectivity index (χ1n) is 5.90. The second kappa shape index (κ2) is 8.24. The molecule has 1 aromatic rings. The lowest BCUT2D eigenvalue weighted by Crippen LogP contribution is -2.36. The predicted octanol–water partition coefficient (Wildman–Crippen LogP) is 1.78.